The average molecular weight is 257 g/mol. The number of aromatic nitrogens is 2. The number of piperidine rings is 1. The average Bonchev–Trinajstić information content (AvgIpc) is 2.86. The third-order valence-corrected chi connectivity index (χ3v) is 3.82. The van der Waals surface area contributed by atoms with E-state index in [1.807, 2.05) is 12.1 Å². The molecule has 19 heavy (non-hydrogen) atoms. The molecule has 0 aliphatic carbocycles. The summed E-state index contributed by atoms with van der Waals surface area (Å²) in [7, 11) is 0. The van der Waals surface area contributed by atoms with Crippen molar-refractivity contribution in [3.63, 3.8) is 0 Å². The lowest BCUT2D eigenvalue weighted by molar-refractivity contribution is 0.372. The highest BCUT2D eigenvalue weighted by Gasteiger charge is 2.13. The molecule has 0 spiro atoms. The molecule has 0 amide bonds. The molecule has 4 heteroatoms. The number of H-pyrrole nitrogens is 1. The number of hydrogen-bond donors (Lipinski definition) is 2. The number of rotatable bonds is 3. The van der Waals surface area contributed by atoms with E-state index in [0.717, 1.165) is 31.1 Å². The number of hydrogen-bond acceptors (Lipinski definition) is 2. The van der Waals surface area contributed by atoms with Gasteiger partial charge in [0.2, 0.25) is 0 Å². The molecule has 1 aliphatic rings. The van der Waals surface area contributed by atoms with Gasteiger partial charge in [0.1, 0.15) is 0 Å². The topological polar surface area (TPSA) is 49.8 Å². The Labute approximate surface area is 112 Å². The van der Waals surface area contributed by atoms with Crippen LogP contribution in [0, 0.1) is 5.92 Å². The lowest BCUT2D eigenvalue weighted by atomic mass is 9.91. The van der Waals surface area contributed by atoms with Crippen LogP contribution in [0.2, 0.25) is 0 Å². The maximum absolute atomic E-state index is 11.6. The van der Waals surface area contributed by atoms with Crippen LogP contribution >= 0.6 is 0 Å². The van der Waals surface area contributed by atoms with Gasteiger partial charge in [-0.05, 0) is 56.0 Å². The Morgan fingerprint density at radius 2 is 2.11 bits per heavy atom. The molecule has 2 heterocycles. The quantitative estimate of drug-likeness (QED) is 0.879. The monoisotopic (exact) mass is 257 g/mol. The fraction of sp³-hybridized carbons (Fsp3) is 0.400. The van der Waals surface area contributed by atoms with E-state index in [1.54, 1.807) is 17.0 Å². The minimum absolute atomic E-state index is 0.0842. The maximum atomic E-state index is 11.6. The van der Waals surface area contributed by atoms with Crippen molar-refractivity contribution >= 4 is 0 Å². The van der Waals surface area contributed by atoms with Crippen LogP contribution in [0.3, 0.4) is 0 Å². The largest absolute Gasteiger partial charge is 0.330 e. The highest BCUT2D eigenvalue weighted by molar-refractivity contribution is 5.36. The summed E-state index contributed by atoms with van der Waals surface area (Å²) in [6.07, 6.45) is 7.03. The fourth-order valence-electron chi connectivity index (χ4n) is 2.78. The second-order valence-corrected chi connectivity index (χ2v) is 5.20. The molecule has 1 aliphatic heterocycles. The third kappa shape index (κ3) is 2.79. The Bertz CT molecular complexity index is 593. The number of nitrogens with zero attached hydrogens (tertiary/aromatic N) is 1. The lowest BCUT2D eigenvalue weighted by Gasteiger charge is -2.22. The van der Waals surface area contributed by atoms with Gasteiger partial charge in [-0.2, -0.15) is 0 Å². The Hall–Kier alpha value is -1.81. The summed E-state index contributed by atoms with van der Waals surface area (Å²) in [5.41, 5.74) is 2.18. The molecule has 3 rings (SSSR count). The second kappa shape index (κ2) is 5.45. The van der Waals surface area contributed by atoms with E-state index in [9.17, 15) is 4.79 Å². The molecule has 2 N–H and O–H groups in total. The van der Waals surface area contributed by atoms with Crippen molar-refractivity contribution in [1.82, 2.24) is 14.9 Å². The summed E-state index contributed by atoms with van der Waals surface area (Å²) in [4.78, 5) is 14.3. The SMILES string of the molecule is O=c1[nH]ccn1-c1cccc(CC2CCNCC2)c1. The highest BCUT2D eigenvalue weighted by Crippen LogP contribution is 2.19. The van der Waals surface area contributed by atoms with Gasteiger partial charge < -0.3 is 10.3 Å². The standard InChI is InChI=1S/C15H19N3O/c19-15-17-8-9-18(15)14-3-1-2-13(11-14)10-12-4-6-16-7-5-12/h1-3,8-9,11-12,16H,4-7,10H2,(H,17,19). The van der Waals surface area contributed by atoms with Crippen LogP contribution in [0.25, 0.3) is 5.69 Å². The fourth-order valence-corrected chi connectivity index (χ4v) is 2.78. The summed E-state index contributed by atoms with van der Waals surface area (Å²) >= 11 is 0. The van der Waals surface area contributed by atoms with Crippen LogP contribution < -0.4 is 11.0 Å². The summed E-state index contributed by atoms with van der Waals surface area (Å²) in [5, 5.41) is 3.39. The number of aromatic amines is 1. The summed E-state index contributed by atoms with van der Waals surface area (Å²) in [6, 6.07) is 8.28. The van der Waals surface area contributed by atoms with E-state index in [1.165, 1.54) is 18.4 Å². The molecule has 4 nitrogen and oxygen atoms in total. The molecule has 0 atom stereocenters. The molecular weight excluding hydrogens is 238 g/mol. The van der Waals surface area contributed by atoms with Gasteiger partial charge in [-0.25, -0.2) is 4.79 Å². The minimum atomic E-state index is -0.0842. The predicted molar refractivity (Wildman–Crippen MR) is 75.7 cm³/mol. The van der Waals surface area contributed by atoms with Gasteiger partial charge in [-0.3, -0.25) is 4.57 Å². The lowest BCUT2D eigenvalue weighted by Crippen LogP contribution is -2.28. The number of benzene rings is 1. The molecule has 100 valence electrons. The Kier molecular flexibility index (Phi) is 3.51. The molecule has 0 unspecified atom stereocenters. The van der Waals surface area contributed by atoms with Crippen molar-refractivity contribution < 1.29 is 0 Å². The summed E-state index contributed by atoms with van der Waals surface area (Å²) < 4.78 is 1.64. The van der Waals surface area contributed by atoms with Crippen LogP contribution in [0.4, 0.5) is 0 Å². The first kappa shape index (κ1) is 12.2. The van der Waals surface area contributed by atoms with Crippen LogP contribution in [0.15, 0.2) is 41.5 Å². The zero-order chi connectivity index (χ0) is 13.1. The first-order valence-electron chi connectivity index (χ1n) is 6.89. The molecule has 1 fully saturated rings. The molecular formula is C15H19N3O. The van der Waals surface area contributed by atoms with E-state index >= 15 is 0 Å². The van der Waals surface area contributed by atoms with Crippen molar-refractivity contribution in [2.24, 2.45) is 5.92 Å². The van der Waals surface area contributed by atoms with Crippen molar-refractivity contribution in [1.29, 1.82) is 0 Å². The van der Waals surface area contributed by atoms with Crippen molar-refractivity contribution in [2.75, 3.05) is 13.1 Å². The van der Waals surface area contributed by atoms with E-state index < -0.39 is 0 Å². The molecule has 1 saturated heterocycles. The molecule has 0 saturated carbocycles. The molecule has 2 aromatic rings. The van der Waals surface area contributed by atoms with Crippen LogP contribution in [0.1, 0.15) is 18.4 Å². The number of imidazole rings is 1. The Morgan fingerprint density at radius 3 is 2.84 bits per heavy atom. The van der Waals surface area contributed by atoms with Crippen molar-refractivity contribution in [3.8, 4) is 5.69 Å². The third-order valence-electron chi connectivity index (χ3n) is 3.82. The first-order chi connectivity index (χ1) is 9.33. The van der Waals surface area contributed by atoms with Crippen LogP contribution in [0.5, 0.6) is 0 Å². The van der Waals surface area contributed by atoms with Gasteiger partial charge in [0, 0.05) is 12.4 Å². The zero-order valence-electron chi connectivity index (χ0n) is 10.9. The maximum Gasteiger partial charge on any atom is 0.330 e. The van der Waals surface area contributed by atoms with E-state index in [2.05, 4.69) is 22.4 Å². The van der Waals surface area contributed by atoms with Gasteiger partial charge in [0.25, 0.3) is 0 Å². The first-order valence-corrected chi connectivity index (χ1v) is 6.89. The smallest absolute Gasteiger partial charge is 0.317 e. The van der Waals surface area contributed by atoms with E-state index in [-0.39, 0.29) is 5.69 Å². The Balaban J connectivity index is 1.80. The van der Waals surface area contributed by atoms with Crippen molar-refractivity contribution in [3.05, 3.63) is 52.7 Å². The number of nitrogens with one attached hydrogen (secondary N) is 2. The predicted octanol–water partition coefficient (Wildman–Crippen LogP) is 1.71. The van der Waals surface area contributed by atoms with Crippen LogP contribution in [-0.2, 0) is 6.42 Å². The van der Waals surface area contributed by atoms with E-state index in [4.69, 9.17) is 0 Å². The molecule has 0 bridgehead atoms. The van der Waals surface area contributed by atoms with Gasteiger partial charge in [-0.15, -0.1) is 0 Å². The van der Waals surface area contributed by atoms with Gasteiger partial charge in [-0.1, -0.05) is 12.1 Å². The van der Waals surface area contributed by atoms with E-state index in [0.29, 0.717) is 0 Å². The van der Waals surface area contributed by atoms with Crippen LogP contribution in [-0.4, -0.2) is 22.6 Å². The normalized spacial score (nSPS) is 16.6. The van der Waals surface area contributed by atoms with Crippen molar-refractivity contribution in [2.45, 2.75) is 19.3 Å². The summed E-state index contributed by atoms with van der Waals surface area (Å²) in [5.74, 6) is 0.763. The second-order valence-electron chi connectivity index (χ2n) is 5.20. The van der Waals surface area contributed by atoms with Gasteiger partial charge in [0.05, 0.1) is 5.69 Å². The molecule has 0 radical (unpaired) electrons. The zero-order valence-corrected chi connectivity index (χ0v) is 10.9. The molecule has 1 aromatic heterocycles. The van der Waals surface area contributed by atoms with Gasteiger partial charge in [0.15, 0.2) is 0 Å². The Morgan fingerprint density at radius 1 is 1.26 bits per heavy atom. The summed E-state index contributed by atoms with van der Waals surface area (Å²) in [6.45, 7) is 2.25. The highest BCUT2D eigenvalue weighted by atomic mass is 16.1. The van der Waals surface area contributed by atoms with Gasteiger partial charge >= 0.3 is 5.69 Å². The minimum Gasteiger partial charge on any atom is -0.317 e. The molecule has 1 aromatic carbocycles.